The smallest absolute Gasteiger partial charge is 0.194 e. The van der Waals surface area contributed by atoms with E-state index in [1.807, 2.05) is 19.3 Å². The zero-order valence-corrected chi connectivity index (χ0v) is 20.3. The van der Waals surface area contributed by atoms with E-state index in [0.717, 1.165) is 55.6 Å². The lowest BCUT2D eigenvalue weighted by Gasteiger charge is -2.33. The number of benzene rings is 1. The van der Waals surface area contributed by atoms with Crippen molar-refractivity contribution in [2.24, 2.45) is 4.99 Å². The summed E-state index contributed by atoms with van der Waals surface area (Å²) in [7, 11) is 4.15. The molecular weight excluding hydrogens is 494 g/mol. The second-order valence-electron chi connectivity index (χ2n) is 7.47. The maximum Gasteiger partial charge on any atom is 0.194 e. The molecule has 0 bridgehead atoms. The summed E-state index contributed by atoms with van der Waals surface area (Å²) in [6.07, 6.45) is 1.87. The molecule has 1 fully saturated rings. The number of piperazine rings is 1. The molecule has 0 amide bonds. The van der Waals surface area contributed by atoms with Crippen molar-refractivity contribution in [3.63, 3.8) is 0 Å². The molecular formula is C22H32FIN6. The molecule has 164 valence electrons. The van der Waals surface area contributed by atoms with Gasteiger partial charge in [-0.1, -0.05) is 12.1 Å². The van der Waals surface area contributed by atoms with Crippen LogP contribution in [0.15, 0.2) is 47.6 Å². The summed E-state index contributed by atoms with van der Waals surface area (Å²) in [6, 6.07) is 10.8. The number of pyridine rings is 1. The average Bonchev–Trinajstić information content (AvgIpc) is 2.73. The summed E-state index contributed by atoms with van der Waals surface area (Å²) < 4.78 is 13.1. The Morgan fingerprint density at radius 3 is 2.50 bits per heavy atom. The fourth-order valence-electron chi connectivity index (χ4n) is 3.34. The Hall–Kier alpha value is -1.94. The van der Waals surface area contributed by atoms with Gasteiger partial charge >= 0.3 is 0 Å². The number of hydrogen-bond donors (Lipinski definition) is 1. The maximum absolute atomic E-state index is 13.1. The van der Waals surface area contributed by atoms with Crippen LogP contribution in [0.3, 0.4) is 0 Å². The molecule has 0 saturated carbocycles. The van der Waals surface area contributed by atoms with Gasteiger partial charge in [-0.15, -0.1) is 24.0 Å². The highest BCUT2D eigenvalue weighted by molar-refractivity contribution is 14.0. The lowest BCUT2D eigenvalue weighted by Crippen LogP contribution is -2.44. The molecule has 2 aromatic rings. The predicted octanol–water partition coefficient (Wildman–Crippen LogP) is 3.19. The molecule has 6 nitrogen and oxygen atoms in total. The van der Waals surface area contributed by atoms with Crippen molar-refractivity contribution < 1.29 is 4.39 Å². The minimum atomic E-state index is -0.217. The van der Waals surface area contributed by atoms with Gasteiger partial charge in [0, 0.05) is 52.5 Å². The van der Waals surface area contributed by atoms with Crippen molar-refractivity contribution in [1.29, 1.82) is 0 Å². The third-order valence-electron chi connectivity index (χ3n) is 5.08. The van der Waals surface area contributed by atoms with E-state index in [2.05, 4.69) is 45.0 Å². The SMILES string of the molecule is CCNC(=NCc1ccnc(N2CCN(C)CC2)c1)N(C)Cc1ccc(F)cc1.I. The van der Waals surface area contributed by atoms with E-state index in [4.69, 9.17) is 4.99 Å². The second kappa shape index (κ2) is 12.0. The van der Waals surface area contributed by atoms with E-state index in [1.54, 1.807) is 12.1 Å². The zero-order chi connectivity index (χ0) is 20.6. The second-order valence-corrected chi connectivity index (χ2v) is 7.47. The summed E-state index contributed by atoms with van der Waals surface area (Å²) in [5.41, 5.74) is 2.18. The molecule has 0 unspecified atom stereocenters. The van der Waals surface area contributed by atoms with Gasteiger partial charge in [0.15, 0.2) is 5.96 Å². The Kier molecular flexibility index (Phi) is 9.77. The third-order valence-corrected chi connectivity index (χ3v) is 5.08. The minimum Gasteiger partial charge on any atom is -0.357 e. The van der Waals surface area contributed by atoms with E-state index in [1.165, 1.54) is 12.1 Å². The molecule has 30 heavy (non-hydrogen) atoms. The van der Waals surface area contributed by atoms with E-state index >= 15 is 0 Å². The van der Waals surface area contributed by atoms with Crippen LogP contribution in [-0.2, 0) is 13.1 Å². The maximum atomic E-state index is 13.1. The highest BCUT2D eigenvalue weighted by Crippen LogP contribution is 2.15. The first-order chi connectivity index (χ1) is 14.0. The molecule has 2 heterocycles. The van der Waals surface area contributed by atoms with Crippen molar-refractivity contribution >= 4 is 35.8 Å². The van der Waals surface area contributed by atoms with Gasteiger partial charge in [-0.2, -0.15) is 0 Å². The first kappa shape index (κ1) is 24.3. The van der Waals surface area contributed by atoms with Gasteiger partial charge in [-0.3, -0.25) is 0 Å². The number of aromatic nitrogens is 1. The number of nitrogens with one attached hydrogen (secondary N) is 1. The Labute approximate surface area is 196 Å². The number of likely N-dealkylation sites (N-methyl/N-ethyl adjacent to an activating group) is 1. The highest BCUT2D eigenvalue weighted by atomic mass is 127. The number of guanidine groups is 1. The topological polar surface area (TPSA) is 47.0 Å². The number of hydrogen-bond acceptors (Lipinski definition) is 4. The van der Waals surface area contributed by atoms with E-state index in [-0.39, 0.29) is 29.8 Å². The summed E-state index contributed by atoms with van der Waals surface area (Å²) >= 11 is 0. The van der Waals surface area contributed by atoms with Crippen LogP contribution in [0.5, 0.6) is 0 Å². The quantitative estimate of drug-likeness (QED) is 0.356. The van der Waals surface area contributed by atoms with Crippen LogP contribution in [0, 0.1) is 5.82 Å². The fraction of sp³-hybridized carbons (Fsp3) is 0.455. The molecule has 1 aromatic carbocycles. The van der Waals surface area contributed by atoms with E-state index in [0.29, 0.717) is 13.1 Å². The van der Waals surface area contributed by atoms with Crippen molar-refractivity contribution in [2.45, 2.75) is 20.0 Å². The van der Waals surface area contributed by atoms with Gasteiger partial charge in [0.25, 0.3) is 0 Å². The number of nitrogens with zero attached hydrogens (tertiary/aromatic N) is 5. The Morgan fingerprint density at radius 1 is 1.13 bits per heavy atom. The van der Waals surface area contributed by atoms with Gasteiger partial charge in [0.05, 0.1) is 6.54 Å². The van der Waals surface area contributed by atoms with Gasteiger partial charge in [0.1, 0.15) is 11.6 Å². The molecule has 3 rings (SSSR count). The zero-order valence-electron chi connectivity index (χ0n) is 18.0. The van der Waals surface area contributed by atoms with Crippen LogP contribution in [0.2, 0.25) is 0 Å². The fourth-order valence-corrected chi connectivity index (χ4v) is 3.34. The molecule has 1 saturated heterocycles. The standard InChI is InChI=1S/C22H31FN6.HI/c1-4-24-22(28(3)17-18-5-7-20(23)8-6-18)26-16-19-9-10-25-21(15-19)29-13-11-27(2)12-14-29;/h5-10,15H,4,11-14,16-17H2,1-3H3,(H,24,26);1H. The average molecular weight is 526 g/mol. The number of rotatable bonds is 6. The summed E-state index contributed by atoms with van der Waals surface area (Å²) in [6.45, 7) is 8.20. The van der Waals surface area contributed by atoms with Crippen LogP contribution in [0.25, 0.3) is 0 Å². The van der Waals surface area contributed by atoms with Crippen molar-refractivity contribution in [3.05, 3.63) is 59.5 Å². The normalized spacial score (nSPS) is 14.9. The van der Waals surface area contributed by atoms with Crippen LogP contribution >= 0.6 is 24.0 Å². The Bertz CT molecular complexity index is 806. The lowest BCUT2D eigenvalue weighted by atomic mass is 10.2. The minimum absolute atomic E-state index is 0. The molecule has 0 atom stereocenters. The van der Waals surface area contributed by atoms with Gasteiger partial charge in [-0.25, -0.2) is 14.4 Å². The van der Waals surface area contributed by atoms with Crippen molar-refractivity contribution in [2.75, 3.05) is 51.7 Å². The summed E-state index contributed by atoms with van der Waals surface area (Å²) in [4.78, 5) is 16.1. The molecule has 0 aliphatic carbocycles. The largest absolute Gasteiger partial charge is 0.357 e. The van der Waals surface area contributed by atoms with Gasteiger partial charge in [-0.05, 0) is 49.4 Å². The molecule has 1 aliphatic heterocycles. The molecule has 1 N–H and O–H groups in total. The first-order valence-electron chi connectivity index (χ1n) is 10.2. The van der Waals surface area contributed by atoms with Crippen LogP contribution in [-0.4, -0.2) is 67.6 Å². The lowest BCUT2D eigenvalue weighted by molar-refractivity contribution is 0.312. The van der Waals surface area contributed by atoms with Crippen LogP contribution in [0.4, 0.5) is 10.2 Å². The summed E-state index contributed by atoms with van der Waals surface area (Å²) in [5, 5.41) is 3.34. The number of anilines is 1. The number of aliphatic imine (C=N–C) groups is 1. The molecule has 0 spiro atoms. The molecule has 8 heteroatoms. The van der Waals surface area contributed by atoms with E-state index < -0.39 is 0 Å². The molecule has 1 aliphatic rings. The Balaban J connectivity index is 0.00000320. The van der Waals surface area contributed by atoms with Crippen molar-refractivity contribution in [3.8, 4) is 0 Å². The van der Waals surface area contributed by atoms with Crippen LogP contribution < -0.4 is 10.2 Å². The predicted molar refractivity (Wildman–Crippen MR) is 132 cm³/mol. The van der Waals surface area contributed by atoms with Crippen molar-refractivity contribution in [1.82, 2.24) is 20.1 Å². The molecule has 0 radical (unpaired) electrons. The first-order valence-corrected chi connectivity index (χ1v) is 10.2. The number of halogens is 2. The van der Waals surface area contributed by atoms with Gasteiger partial charge in [0.2, 0.25) is 0 Å². The molecule has 1 aromatic heterocycles. The summed E-state index contributed by atoms with van der Waals surface area (Å²) in [5.74, 6) is 1.64. The van der Waals surface area contributed by atoms with Crippen LogP contribution in [0.1, 0.15) is 18.1 Å². The monoisotopic (exact) mass is 526 g/mol. The Morgan fingerprint density at radius 2 is 1.83 bits per heavy atom. The third kappa shape index (κ3) is 7.09. The highest BCUT2D eigenvalue weighted by Gasteiger charge is 2.15. The van der Waals surface area contributed by atoms with E-state index in [9.17, 15) is 4.39 Å². The van der Waals surface area contributed by atoms with Gasteiger partial charge < -0.3 is 20.0 Å².